The molecule has 1 fully saturated rings. The summed E-state index contributed by atoms with van der Waals surface area (Å²) >= 11 is 0. The van der Waals surface area contributed by atoms with Crippen LogP contribution in [0.3, 0.4) is 0 Å². The topological polar surface area (TPSA) is 32.3 Å². The smallest absolute Gasteiger partial charge is 0.225 e. The fraction of sp³-hybridized carbons (Fsp3) is 0.375. The van der Waals surface area contributed by atoms with Crippen molar-refractivity contribution in [1.82, 2.24) is 14.9 Å². The third kappa shape index (κ3) is 2.06. The molecule has 0 atom stereocenters. The van der Waals surface area contributed by atoms with E-state index >= 15 is 0 Å². The van der Waals surface area contributed by atoms with E-state index in [-0.39, 0.29) is 0 Å². The highest BCUT2D eigenvalue weighted by molar-refractivity contribution is 5.35. The lowest BCUT2D eigenvalue weighted by Crippen LogP contribution is -2.60. The molecule has 2 aliphatic heterocycles. The molecule has 0 spiro atoms. The number of aromatic nitrogens is 2. The minimum absolute atomic E-state index is 0.646. The maximum atomic E-state index is 4.31. The van der Waals surface area contributed by atoms with E-state index in [0.717, 1.165) is 25.6 Å². The van der Waals surface area contributed by atoms with E-state index in [1.54, 1.807) is 0 Å². The lowest BCUT2D eigenvalue weighted by molar-refractivity contribution is 0.149. The molecule has 102 valence electrons. The minimum Gasteiger partial charge on any atom is -0.338 e. The Balaban J connectivity index is 1.40. The quantitative estimate of drug-likeness (QED) is 0.828. The molecule has 0 bridgehead atoms. The fourth-order valence-corrected chi connectivity index (χ4v) is 3.13. The summed E-state index contributed by atoms with van der Waals surface area (Å²) in [6.07, 6.45) is 4.80. The van der Waals surface area contributed by atoms with Crippen LogP contribution in [0, 0.1) is 0 Å². The second-order valence-corrected chi connectivity index (χ2v) is 5.60. The number of rotatable bonds is 2. The highest BCUT2D eigenvalue weighted by atomic mass is 15.4. The number of nitrogens with zero attached hydrogens (tertiary/aromatic N) is 4. The van der Waals surface area contributed by atoms with E-state index in [2.05, 4.69) is 44.0 Å². The van der Waals surface area contributed by atoms with Crippen molar-refractivity contribution in [3.8, 4) is 0 Å². The molecule has 2 aliphatic rings. The van der Waals surface area contributed by atoms with Gasteiger partial charge in [0.1, 0.15) is 0 Å². The second kappa shape index (κ2) is 4.87. The standard InChI is InChI=1S/C16H18N4/c1-2-5-14-10-19(9-6-13(14)4-1)15-11-20(12-15)16-17-7-3-8-18-16/h1-5,7-8,15H,6,9-12H2. The molecule has 1 saturated heterocycles. The molecular weight excluding hydrogens is 248 g/mol. The van der Waals surface area contributed by atoms with Gasteiger partial charge >= 0.3 is 0 Å². The zero-order valence-electron chi connectivity index (χ0n) is 11.4. The van der Waals surface area contributed by atoms with Gasteiger partial charge in [0, 0.05) is 44.6 Å². The minimum atomic E-state index is 0.646. The van der Waals surface area contributed by atoms with E-state index in [9.17, 15) is 0 Å². The third-order valence-corrected chi connectivity index (χ3v) is 4.37. The molecule has 4 rings (SSSR count). The summed E-state index contributed by atoms with van der Waals surface area (Å²) in [4.78, 5) is 13.5. The van der Waals surface area contributed by atoms with Crippen molar-refractivity contribution < 1.29 is 0 Å². The SMILES string of the molecule is c1cnc(N2CC(N3CCc4ccccc4C3)C2)nc1. The largest absolute Gasteiger partial charge is 0.338 e. The number of hydrogen-bond donors (Lipinski definition) is 0. The van der Waals surface area contributed by atoms with Crippen molar-refractivity contribution in [2.75, 3.05) is 24.5 Å². The molecule has 20 heavy (non-hydrogen) atoms. The van der Waals surface area contributed by atoms with Crippen LogP contribution >= 0.6 is 0 Å². The van der Waals surface area contributed by atoms with Gasteiger partial charge in [-0.1, -0.05) is 24.3 Å². The second-order valence-electron chi connectivity index (χ2n) is 5.60. The molecule has 1 aromatic carbocycles. The van der Waals surface area contributed by atoms with Gasteiger partial charge in [0.15, 0.2) is 0 Å². The molecular formula is C16H18N4. The maximum Gasteiger partial charge on any atom is 0.225 e. The van der Waals surface area contributed by atoms with Crippen LogP contribution in [0.25, 0.3) is 0 Å². The van der Waals surface area contributed by atoms with Gasteiger partial charge in [0.05, 0.1) is 0 Å². The van der Waals surface area contributed by atoms with Crippen molar-refractivity contribution in [3.63, 3.8) is 0 Å². The molecule has 2 aromatic rings. The van der Waals surface area contributed by atoms with Crippen molar-refractivity contribution in [2.45, 2.75) is 19.0 Å². The summed E-state index contributed by atoms with van der Waals surface area (Å²) in [7, 11) is 0. The van der Waals surface area contributed by atoms with Crippen molar-refractivity contribution in [2.24, 2.45) is 0 Å². The van der Waals surface area contributed by atoms with Gasteiger partial charge < -0.3 is 4.90 Å². The third-order valence-electron chi connectivity index (χ3n) is 4.37. The van der Waals surface area contributed by atoms with Gasteiger partial charge in [0.2, 0.25) is 5.95 Å². The van der Waals surface area contributed by atoms with Crippen LogP contribution in [-0.2, 0) is 13.0 Å². The lowest BCUT2D eigenvalue weighted by atomic mass is 9.97. The van der Waals surface area contributed by atoms with Gasteiger partial charge in [-0.2, -0.15) is 0 Å². The van der Waals surface area contributed by atoms with E-state index in [1.165, 1.54) is 24.1 Å². The average Bonchev–Trinajstić information content (AvgIpc) is 2.47. The first-order valence-corrected chi connectivity index (χ1v) is 7.23. The summed E-state index contributed by atoms with van der Waals surface area (Å²) in [5.74, 6) is 0.862. The van der Waals surface area contributed by atoms with Gasteiger partial charge in [0.25, 0.3) is 0 Å². The number of fused-ring (bicyclic) bond motifs is 1. The van der Waals surface area contributed by atoms with Gasteiger partial charge in [-0.15, -0.1) is 0 Å². The predicted octanol–water partition coefficient (Wildman–Crippen LogP) is 1.72. The van der Waals surface area contributed by atoms with Gasteiger partial charge in [-0.05, 0) is 23.6 Å². The van der Waals surface area contributed by atoms with E-state index in [4.69, 9.17) is 0 Å². The lowest BCUT2D eigenvalue weighted by Gasteiger charge is -2.46. The maximum absolute atomic E-state index is 4.31. The molecule has 3 heterocycles. The molecule has 0 aliphatic carbocycles. The Bertz CT molecular complexity index is 592. The monoisotopic (exact) mass is 266 g/mol. The Morgan fingerprint density at radius 3 is 2.50 bits per heavy atom. The molecule has 0 unspecified atom stereocenters. The molecule has 4 nitrogen and oxygen atoms in total. The number of benzene rings is 1. The summed E-state index contributed by atoms with van der Waals surface area (Å²) in [6.45, 7) is 4.36. The zero-order valence-corrected chi connectivity index (χ0v) is 11.4. The predicted molar refractivity (Wildman–Crippen MR) is 78.6 cm³/mol. The summed E-state index contributed by atoms with van der Waals surface area (Å²) in [5, 5.41) is 0. The Morgan fingerprint density at radius 2 is 1.70 bits per heavy atom. The fourth-order valence-electron chi connectivity index (χ4n) is 3.13. The van der Waals surface area contributed by atoms with Crippen LogP contribution in [0.15, 0.2) is 42.7 Å². The Morgan fingerprint density at radius 1 is 0.950 bits per heavy atom. The van der Waals surface area contributed by atoms with Crippen LogP contribution in [0.2, 0.25) is 0 Å². The molecule has 1 aromatic heterocycles. The van der Waals surface area contributed by atoms with E-state index in [1.807, 2.05) is 18.5 Å². The molecule has 0 radical (unpaired) electrons. The number of hydrogen-bond acceptors (Lipinski definition) is 4. The van der Waals surface area contributed by atoms with Crippen LogP contribution < -0.4 is 4.90 Å². The average molecular weight is 266 g/mol. The first-order valence-electron chi connectivity index (χ1n) is 7.23. The normalized spacial score (nSPS) is 19.5. The molecule has 0 amide bonds. The van der Waals surface area contributed by atoms with Crippen LogP contribution in [0.1, 0.15) is 11.1 Å². The highest BCUT2D eigenvalue weighted by Gasteiger charge is 2.34. The Kier molecular flexibility index (Phi) is 2.89. The highest BCUT2D eigenvalue weighted by Crippen LogP contribution is 2.25. The van der Waals surface area contributed by atoms with Crippen LogP contribution in [-0.4, -0.2) is 40.5 Å². The van der Waals surface area contributed by atoms with Gasteiger partial charge in [-0.3, -0.25) is 4.90 Å². The molecule has 4 heteroatoms. The summed E-state index contributed by atoms with van der Waals surface area (Å²) in [5.41, 5.74) is 3.01. The van der Waals surface area contributed by atoms with Crippen LogP contribution in [0.4, 0.5) is 5.95 Å². The number of anilines is 1. The Labute approximate surface area is 119 Å². The zero-order chi connectivity index (χ0) is 13.4. The van der Waals surface area contributed by atoms with Crippen LogP contribution in [0.5, 0.6) is 0 Å². The van der Waals surface area contributed by atoms with Gasteiger partial charge in [-0.25, -0.2) is 9.97 Å². The molecule has 0 N–H and O–H groups in total. The first-order chi connectivity index (χ1) is 9.90. The van der Waals surface area contributed by atoms with E-state index in [0.29, 0.717) is 6.04 Å². The Hall–Kier alpha value is -1.94. The molecule has 0 saturated carbocycles. The van der Waals surface area contributed by atoms with Crippen molar-refractivity contribution >= 4 is 5.95 Å². The summed E-state index contributed by atoms with van der Waals surface area (Å²) in [6, 6.07) is 11.3. The first kappa shape index (κ1) is 11.9. The van der Waals surface area contributed by atoms with Crippen molar-refractivity contribution in [1.29, 1.82) is 0 Å². The van der Waals surface area contributed by atoms with Crippen molar-refractivity contribution in [3.05, 3.63) is 53.9 Å². The van der Waals surface area contributed by atoms with E-state index < -0.39 is 0 Å². The summed E-state index contributed by atoms with van der Waals surface area (Å²) < 4.78 is 0.